The van der Waals surface area contributed by atoms with E-state index < -0.39 is 28.5 Å². The fourth-order valence-corrected chi connectivity index (χ4v) is 1.65. The summed E-state index contributed by atoms with van der Waals surface area (Å²) in [6, 6.07) is 0. The van der Waals surface area contributed by atoms with E-state index in [1.54, 1.807) is 6.92 Å². The van der Waals surface area contributed by atoms with Crippen LogP contribution in [0.5, 0.6) is 0 Å². The maximum Gasteiger partial charge on any atom is 0.302 e. The van der Waals surface area contributed by atoms with E-state index in [2.05, 4.69) is 0 Å². The van der Waals surface area contributed by atoms with Gasteiger partial charge in [-0.15, -0.1) is 0 Å². The molecule has 0 aliphatic rings. The minimum atomic E-state index is -0.873. The lowest BCUT2D eigenvalue weighted by Gasteiger charge is -2.21. The van der Waals surface area contributed by atoms with E-state index in [1.165, 1.54) is 6.92 Å². The normalized spacial score (nSPS) is 14.1. The Labute approximate surface area is 97.9 Å². The molecule has 0 aromatic heterocycles. The Balaban J connectivity index is 4.64. The maximum atomic E-state index is 11.0. The molecule has 0 radical (unpaired) electrons. The van der Waals surface area contributed by atoms with Gasteiger partial charge in [0.15, 0.2) is 0 Å². The first kappa shape index (κ1) is 14.4. The SMILES string of the molecule is CCC(C(=O)Cl)[C@@H](CC(=O)Cl)OC(C)=O. The summed E-state index contributed by atoms with van der Waals surface area (Å²) in [7, 11) is 0. The Morgan fingerprint density at radius 2 is 1.80 bits per heavy atom. The van der Waals surface area contributed by atoms with Crippen LogP contribution in [0.15, 0.2) is 0 Å². The van der Waals surface area contributed by atoms with Gasteiger partial charge in [0.25, 0.3) is 0 Å². The second-order valence-corrected chi connectivity index (χ2v) is 3.82. The number of hydrogen-bond donors (Lipinski definition) is 0. The van der Waals surface area contributed by atoms with Crippen LogP contribution in [0.25, 0.3) is 0 Å². The molecule has 6 heteroatoms. The molecule has 0 N–H and O–H groups in total. The third-order valence-corrected chi connectivity index (χ3v) is 2.29. The van der Waals surface area contributed by atoms with Gasteiger partial charge in [0.1, 0.15) is 6.10 Å². The summed E-state index contributed by atoms with van der Waals surface area (Å²) in [5.41, 5.74) is 0. The minimum absolute atomic E-state index is 0.210. The monoisotopic (exact) mass is 254 g/mol. The van der Waals surface area contributed by atoms with Gasteiger partial charge < -0.3 is 4.74 Å². The summed E-state index contributed by atoms with van der Waals surface area (Å²) < 4.78 is 4.83. The lowest BCUT2D eigenvalue weighted by molar-refractivity contribution is -0.151. The molecule has 0 bridgehead atoms. The summed E-state index contributed by atoms with van der Waals surface area (Å²) in [6.45, 7) is 2.90. The van der Waals surface area contributed by atoms with Gasteiger partial charge in [-0.05, 0) is 29.6 Å². The van der Waals surface area contributed by atoms with Crippen LogP contribution in [0, 0.1) is 5.92 Å². The van der Waals surface area contributed by atoms with Crippen molar-refractivity contribution in [3.63, 3.8) is 0 Å². The van der Waals surface area contributed by atoms with E-state index in [1.807, 2.05) is 0 Å². The van der Waals surface area contributed by atoms with Crippen molar-refractivity contribution in [2.24, 2.45) is 5.92 Å². The van der Waals surface area contributed by atoms with Crippen molar-refractivity contribution in [3.8, 4) is 0 Å². The predicted molar refractivity (Wildman–Crippen MR) is 55.7 cm³/mol. The third-order valence-electron chi connectivity index (χ3n) is 1.86. The number of carbonyl (C=O) groups excluding carboxylic acids is 3. The van der Waals surface area contributed by atoms with E-state index in [9.17, 15) is 14.4 Å². The number of ether oxygens (including phenoxy) is 1. The second kappa shape index (κ2) is 6.80. The number of rotatable bonds is 6. The zero-order valence-corrected chi connectivity index (χ0v) is 9.97. The molecule has 0 heterocycles. The number of carbonyl (C=O) groups is 3. The van der Waals surface area contributed by atoms with Gasteiger partial charge in [0.2, 0.25) is 10.5 Å². The highest BCUT2D eigenvalue weighted by atomic mass is 35.5. The average Bonchev–Trinajstić information content (AvgIpc) is 2.01. The van der Waals surface area contributed by atoms with Crippen LogP contribution in [0.1, 0.15) is 26.7 Å². The van der Waals surface area contributed by atoms with Crippen LogP contribution in [-0.2, 0) is 19.1 Å². The van der Waals surface area contributed by atoms with Gasteiger partial charge in [-0.2, -0.15) is 0 Å². The molecule has 0 rings (SSSR count). The lowest BCUT2D eigenvalue weighted by Crippen LogP contribution is -2.31. The van der Waals surface area contributed by atoms with Crippen LogP contribution >= 0.6 is 23.2 Å². The van der Waals surface area contributed by atoms with Gasteiger partial charge in [0, 0.05) is 6.92 Å². The fraction of sp³-hybridized carbons (Fsp3) is 0.667. The number of esters is 1. The third kappa shape index (κ3) is 5.74. The fourth-order valence-electron chi connectivity index (χ4n) is 1.21. The second-order valence-electron chi connectivity index (χ2n) is 3.03. The molecule has 0 spiro atoms. The van der Waals surface area contributed by atoms with Crippen molar-refractivity contribution in [1.29, 1.82) is 0 Å². The molecule has 0 saturated heterocycles. The van der Waals surface area contributed by atoms with Crippen molar-refractivity contribution in [3.05, 3.63) is 0 Å². The van der Waals surface area contributed by atoms with Crippen molar-refractivity contribution in [2.75, 3.05) is 0 Å². The van der Waals surface area contributed by atoms with E-state index in [0.717, 1.165) is 0 Å². The Kier molecular flexibility index (Phi) is 6.52. The average molecular weight is 255 g/mol. The molecule has 0 saturated carbocycles. The van der Waals surface area contributed by atoms with E-state index >= 15 is 0 Å². The van der Waals surface area contributed by atoms with Crippen LogP contribution < -0.4 is 0 Å². The largest absolute Gasteiger partial charge is 0.461 e. The van der Waals surface area contributed by atoms with Crippen LogP contribution in [-0.4, -0.2) is 22.6 Å². The smallest absolute Gasteiger partial charge is 0.302 e. The zero-order chi connectivity index (χ0) is 12.0. The van der Waals surface area contributed by atoms with E-state index in [-0.39, 0.29) is 6.42 Å². The number of halogens is 2. The van der Waals surface area contributed by atoms with Crippen molar-refractivity contribution in [1.82, 2.24) is 0 Å². The molecular weight excluding hydrogens is 243 g/mol. The minimum Gasteiger partial charge on any atom is -0.461 e. The molecule has 86 valence electrons. The van der Waals surface area contributed by atoms with Crippen LogP contribution in [0.2, 0.25) is 0 Å². The lowest BCUT2D eigenvalue weighted by atomic mass is 9.98. The first-order valence-corrected chi connectivity index (χ1v) is 5.19. The molecule has 0 aliphatic heterocycles. The standard InChI is InChI=1S/C9H12Cl2O4/c1-3-6(9(11)14)7(4-8(10)13)15-5(2)12/h6-7H,3-4H2,1-2H3/t6?,7-/m1/s1. The van der Waals surface area contributed by atoms with E-state index in [4.69, 9.17) is 27.9 Å². The molecule has 4 nitrogen and oxygen atoms in total. The Morgan fingerprint density at radius 3 is 2.07 bits per heavy atom. The summed E-state index contributed by atoms with van der Waals surface area (Å²) in [5, 5.41) is -1.31. The zero-order valence-electron chi connectivity index (χ0n) is 8.46. The van der Waals surface area contributed by atoms with Crippen molar-refractivity contribution >= 4 is 39.7 Å². The molecule has 2 atom stereocenters. The first-order chi connectivity index (χ1) is 6.88. The summed E-state index contributed by atoms with van der Waals surface area (Å²) in [6.07, 6.45) is -0.703. The molecule has 0 fully saturated rings. The molecule has 0 aromatic carbocycles. The predicted octanol–water partition coefficient (Wildman–Crippen LogP) is 1.87. The Hall–Kier alpha value is -0.610. The molecular formula is C9H12Cl2O4. The quantitative estimate of drug-likeness (QED) is 0.537. The van der Waals surface area contributed by atoms with Gasteiger partial charge in [-0.3, -0.25) is 14.4 Å². The Bertz CT molecular complexity index is 249. The van der Waals surface area contributed by atoms with Gasteiger partial charge >= 0.3 is 5.97 Å². The van der Waals surface area contributed by atoms with Crippen LogP contribution in [0.4, 0.5) is 0 Å². The van der Waals surface area contributed by atoms with Crippen molar-refractivity contribution in [2.45, 2.75) is 32.8 Å². The summed E-state index contributed by atoms with van der Waals surface area (Å²) in [5.74, 6) is -1.27. The Morgan fingerprint density at radius 1 is 1.27 bits per heavy atom. The highest BCUT2D eigenvalue weighted by Gasteiger charge is 2.29. The topological polar surface area (TPSA) is 60.4 Å². The van der Waals surface area contributed by atoms with Crippen molar-refractivity contribution < 1.29 is 19.1 Å². The molecule has 0 aliphatic carbocycles. The van der Waals surface area contributed by atoms with Crippen LogP contribution in [0.3, 0.4) is 0 Å². The maximum absolute atomic E-state index is 11.0. The highest BCUT2D eigenvalue weighted by Crippen LogP contribution is 2.20. The molecule has 15 heavy (non-hydrogen) atoms. The molecule has 0 aromatic rings. The molecule has 0 amide bonds. The molecule has 1 unspecified atom stereocenters. The highest BCUT2D eigenvalue weighted by molar-refractivity contribution is 6.64. The van der Waals surface area contributed by atoms with Gasteiger partial charge in [0.05, 0.1) is 12.3 Å². The van der Waals surface area contributed by atoms with Gasteiger partial charge in [-0.1, -0.05) is 6.92 Å². The first-order valence-electron chi connectivity index (χ1n) is 4.43. The summed E-state index contributed by atoms with van der Waals surface area (Å²) in [4.78, 5) is 32.4. The van der Waals surface area contributed by atoms with E-state index in [0.29, 0.717) is 6.42 Å². The summed E-state index contributed by atoms with van der Waals surface area (Å²) >= 11 is 10.5. The number of hydrogen-bond acceptors (Lipinski definition) is 4. The van der Waals surface area contributed by atoms with Gasteiger partial charge in [-0.25, -0.2) is 0 Å².